The first-order valence-electron chi connectivity index (χ1n) is 8.39. The number of hydrogen-bond acceptors (Lipinski definition) is 3. The average Bonchev–Trinajstić information content (AvgIpc) is 2.76. The topological polar surface area (TPSA) is 18.5 Å². The molecule has 3 heteroatoms. The summed E-state index contributed by atoms with van der Waals surface area (Å²) in [6.07, 6.45) is 11.2. The lowest BCUT2D eigenvalue weighted by atomic mass is 9.96. The van der Waals surface area contributed by atoms with Gasteiger partial charge in [0.2, 0.25) is 0 Å². The summed E-state index contributed by atoms with van der Waals surface area (Å²) in [6, 6.07) is 3.33. The zero-order valence-corrected chi connectivity index (χ0v) is 12.8. The van der Waals surface area contributed by atoms with E-state index in [4.69, 9.17) is 0 Å². The van der Waals surface area contributed by atoms with Gasteiger partial charge in [-0.25, -0.2) is 0 Å². The van der Waals surface area contributed by atoms with Crippen molar-refractivity contribution in [1.82, 2.24) is 15.1 Å². The van der Waals surface area contributed by atoms with E-state index in [-0.39, 0.29) is 0 Å². The van der Waals surface area contributed by atoms with Gasteiger partial charge in [0.15, 0.2) is 0 Å². The Bertz CT molecular complexity index is 282. The molecule has 0 radical (unpaired) electrons. The standard InChI is InChI=1S/C16H31N3/c1-18-9-4-3-5-15(18)8-10-19(2)16-11-13-6-7-14(12-16)17-13/h13-17H,3-12H2,1-2H3. The second-order valence-electron chi connectivity index (χ2n) is 7.16. The Hall–Kier alpha value is -0.120. The van der Waals surface area contributed by atoms with Gasteiger partial charge in [-0.15, -0.1) is 0 Å². The summed E-state index contributed by atoms with van der Waals surface area (Å²) in [5.74, 6) is 0. The molecule has 3 atom stereocenters. The predicted octanol–water partition coefficient (Wildman–Crippen LogP) is 2.08. The number of nitrogens with zero attached hydrogens (tertiary/aromatic N) is 2. The molecule has 0 aliphatic carbocycles. The van der Waals surface area contributed by atoms with Crippen molar-refractivity contribution in [2.75, 3.05) is 27.2 Å². The highest BCUT2D eigenvalue weighted by atomic mass is 15.2. The third kappa shape index (κ3) is 3.32. The van der Waals surface area contributed by atoms with Crippen LogP contribution in [-0.4, -0.2) is 61.2 Å². The molecule has 0 aromatic carbocycles. The third-order valence-electron chi connectivity index (χ3n) is 5.81. The lowest BCUT2D eigenvalue weighted by Gasteiger charge is -2.38. The molecule has 0 spiro atoms. The van der Waals surface area contributed by atoms with Crippen LogP contribution in [0.5, 0.6) is 0 Å². The molecule has 3 saturated heterocycles. The predicted molar refractivity (Wildman–Crippen MR) is 80.5 cm³/mol. The molecule has 3 rings (SSSR count). The van der Waals surface area contributed by atoms with Gasteiger partial charge in [0.05, 0.1) is 0 Å². The smallest absolute Gasteiger partial charge is 0.0122 e. The number of nitrogens with one attached hydrogen (secondary N) is 1. The van der Waals surface area contributed by atoms with Gasteiger partial charge >= 0.3 is 0 Å². The monoisotopic (exact) mass is 265 g/mol. The van der Waals surface area contributed by atoms with E-state index in [1.54, 1.807) is 0 Å². The Morgan fingerprint density at radius 1 is 1.11 bits per heavy atom. The van der Waals surface area contributed by atoms with Crippen molar-refractivity contribution in [1.29, 1.82) is 0 Å². The molecule has 2 bridgehead atoms. The second kappa shape index (κ2) is 6.11. The van der Waals surface area contributed by atoms with Crippen molar-refractivity contribution in [2.45, 2.75) is 75.5 Å². The van der Waals surface area contributed by atoms with Crippen LogP contribution in [0.4, 0.5) is 0 Å². The highest BCUT2D eigenvalue weighted by Crippen LogP contribution is 2.29. The molecule has 3 aliphatic rings. The summed E-state index contributed by atoms with van der Waals surface area (Å²) >= 11 is 0. The summed E-state index contributed by atoms with van der Waals surface area (Å²) in [5, 5.41) is 3.75. The first kappa shape index (κ1) is 13.8. The number of rotatable bonds is 4. The molecule has 110 valence electrons. The van der Waals surface area contributed by atoms with Crippen LogP contribution in [0.1, 0.15) is 51.4 Å². The molecule has 0 saturated carbocycles. The van der Waals surface area contributed by atoms with Crippen molar-refractivity contribution < 1.29 is 0 Å². The van der Waals surface area contributed by atoms with Crippen molar-refractivity contribution in [3.05, 3.63) is 0 Å². The van der Waals surface area contributed by atoms with Crippen LogP contribution in [0, 0.1) is 0 Å². The first-order chi connectivity index (χ1) is 9.22. The lowest BCUT2D eigenvalue weighted by molar-refractivity contribution is 0.129. The molecule has 0 aromatic heterocycles. The number of fused-ring (bicyclic) bond motifs is 2. The van der Waals surface area contributed by atoms with Gasteiger partial charge in [-0.1, -0.05) is 6.42 Å². The summed E-state index contributed by atoms with van der Waals surface area (Å²) in [6.45, 7) is 2.60. The molecule has 19 heavy (non-hydrogen) atoms. The van der Waals surface area contributed by atoms with Crippen molar-refractivity contribution in [2.24, 2.45) is 0 Å². The average molecular weight is 265 g/mol. The summed E-state index contributed by atoms with van der Waals surface area (Å²) in [4.78, 5) is 5.25. The minimum atomic E-state index is 0.823. The summed E-state index contributed by atoms with van der Waals surface area (Å²) in [5.41, 5.74) is 0. The number of likely N-dealkylation sites (tertiary alicyclic amines) is 1. The molecule has 0 aromatic rings. The normalized spacial score (nSPS) is 39.9. The fraction of sp³-hybridized carbons (Fsp3) is 1.00. The van der Waals surface area contributed by atoms with Gasteiger partial charge in [-0.05, 0) is 72.1 Å². The van der Waals surface area contributed by atoms with Crippen LogP contribution in [0.3, 0.4) is 0 Å². The first-order valence-corrected chi connectivity index (χ1v) is 8.39. The van der Waals surface area contributed by atoms with Crippen LogP contribution in [0.2, 0.25) is 0 Å². The van der Waals surface area contributed by atoms with Crippen molar-refractivity contribution >= 4 is 0 Å². The SMILES string of the molecule is CN1CCCCC1CCN(C)C1CC2CCC(C1)N2. The van der Waals surface area contributed by atoms with Gasteiger partial charge in [0, 0.05) is 24.2 Å². The Labute approximate surface area is 118 Å². The van der Waals surface area contributed by atoms with Crippen LogP contribution < -0.4 is 5.32 Å². The van der Waals surface area contributed by atoms with Gasteiger partial charge < -0.3 is 15.1 Å². The quantitative estimate of drug-likeness (QED) is 0.839. The Balaban J connectivity index is 1.44. The Kier molecular flexibility index (Phi) is 4.45. The molecule has 0 amide bonds. The highest BCUT2D eigenvalue weighted by Gasteiger charge is 2.35. The minimum Gasteiger partial charge on any atom is -0.311 e. The minimum absolute atomic E-state index is 0.823. The Morgan fingerprint density at radius 3 is 2.53 bits per heavy atom. The van der Waals surface area contributed by atoms with Crippen LogP contribution in [0.25, 0.3) is 0 Å². The maximum Gasteiger partial charge on any atom is 0.0122 e. The molecule has 3 heterocycles. The van der Waals surface area contributed by atoms with E-state index in [1.807, 2.05) is 0 Å². The van der Waals surface area contributed by atoms with Gasteiger partial charge in [0.25, 0.3) is 0 Å². The van der Waals surface area contributed by atoms with E-state index >= 15 is 0 Å². The van der Waals surface area contributed by atoms with E-state index < -0.39 is 0 Å². The maximum atomic E-state index is 3.75. The largest absolute Gasteiger partial charge is 0.311 e. The zero-order chi connectivity index (χ0) is 13.2. The molecular weight excluding hydrogens is 234 g/mol. The molecule has 3 nitrogen and oxygen atoms in total. The summed E-state index contributed by atoms with van der Waals surface area (Å²) < 4.78 is 0. The van der Waals surface area contributed by atoms with Crippen LogP contribution in [-0.2, 0) is 0 Å². The van der Waals surface area contributed by atoms with Gasteiger partial charge in [-0.3, -0.25) is 0 Å². The van der Waals surface area contributed by atoms with E-state index in [2.05, 4.69) is 29.2 Å². The summed E-state index contributed by atoms with van der Waals surface area (Å²) in [7, 11) is 4.67. The molecule has 3 unspecified atom stereocenters. The number of piperidine rings is 2. The molecule has 3 fully saturated rings. The molecule has 1 N–H and O–H groups in total. The van der Waals surface area contributed by atoms with E-state index in [9.17, 15) is 0 Å². The van der Waals surface area contributed by atoms with Crippen LogP contribution >= 0.6 is 0 Å². The van der Waals surface area contributed by atoms with E-state index in [0.717, 1.165) is 24.2 Å². The molecular formula is C16H31N3. The van der Waals surface area contributed by atoms with Gasteiger partial charge in [0.1, 0.15) is 0 Å². The fourth-order valence-corrected chi connectivity index (χ4v) is 4.43. The second-order valence-corrected chi connectivity index (χ2v) is 7.16. The van der Waals surface area contributed by atoms with Gasteiger partial charge in [-0.2, -0.15) is 0 Å². The van der Waals surface area contributed by atoms with Crippen LogP contribution in [0.15, 0.2) is 0 Å². The maximum absolute atomic E-state index is 3.75. The number of hydrogen-bond donors (Lipinski definition) is 1. The molecule has 3 aliphatic heterocycles. The van der Waals surface area contributed by atoms with E-state index in [1.165, 1.54) is 64.5 Å². The highest BCUT2D eigenvalue weighted by molar-refractivity contribution is 4.95. The van der Waals surface area contributed by atoms with Crippen molar-refractivity contribution in [3.8, 4) is 0 Å². The van der Waals surface area contributed by atoms with Crippen molar-refractivity contribution in [3.63, 3.8) is 0 Å². The lowest BCUT2D eigenvalue weighted by Crippen LogP contribution is -2.48. The Morgan fingerprint density at radius 2 is 1.84 bits per heavy atom. The fourth-order valence-electron chi connectivity index (χ4n) is 4.43. The third-order valence-corrected chi connectivity index (χ3v) is 5.81. The zero-order valence-electron chi connectivity index (χ0n) is 12.8. The van der Waals surface area contributed by atoms with E-state index in [0.29, 0.717) is 0 Å².